The zero-order valence-electron chi connectivity index (χ0n) is 21.4. The standard InChI is InChI=1S/C23H41FN2O4Si2/c1-22(2,3)31(7,8)28-15-17-19(30-32(9,10)23(4,5)6)18(24)21(29-17)26-13-11-12-16(14-26)20(25)27/h11-14,17-19,21H,15H2,1-10H3,(H-,25,27)/p+1/t17-,18+,19-,21-/m1/s1. The number of nitrogens with zero attached hydrogens (tertiary/aromatic N) is 1. The van der Waals surface area contributed by atoms with Crippen molar-refractivity contribution < 1.29 is 27.3 Å². The average molecular weight is 486 g/mol. The normalized spacial score (nSPS) is 25.2. The third kappa shape index (κ3) is 5.86. The van der Waals surface area contributed by atoms with Crippen molar-refractivity contribution in [1.29, 1.82) is 0 Å². The van der Waals surface area contributed by atoms with E-state index in [0.717, 1.165) is 0 Å². The van der Waals surface area contributed by atoms with Gasteiger partial charge in [-0.15, -0.1) is 0 Å². The van der Waals surface area contributed by atoms with Gasteiger partial charge in [0.2, 0.25) is 6.17 Å². The molecule has 0 bridgehead atoms. The van der Waals surface area contributed by atoms with Crippen LogP contribution in [0.4, 0.5) is 4.39 Å². The van der Waals surface area contributed by atoms with E-state index in [2.05, 4.69) is 67.7 Å². The van der Waals surface area contributed by atoms with Crippen molar-refractivity contribution in [3.8, 4) is 0 Å². The molecule has 2 heterocycles. The highest BCUT2D eigenvalue weighted by molar-refractivity contribution is 6.74. The summed E-state index contributed by atoms with van der Waals surface area (Å²) in [5.41, 5.74) is 5.71. The number of halogens is 1. The van der Waals surface area contributed by atoms with Crippen molar-refractivity contribution in [2.24, 2.45) is 5.73 Å². The van der Waals surface area contributed by atoms with Crippen LogP contribution in [0, 0.1) is 0 Å². The Morgan fingerprint density at radius 2 is 1.69 bits per heavy atom. The van der Waals surface area contributed by atoms with Gasteiger partial charge in [0.1, 0.15) is 17.8 Å². The molecule has 1 aliphatic heterocycles. The lowest BCUT2D eigenvalue weighted by Crippen LogP contribution is -2.51. The highest BCUT2D eigenvalue weighted by Crippen LogP contribution is 2.42. The predicted molar refractivity (Wildman–Crippen MR) is 129 cm³/mol. The lowest BCUT2D eigenvalue weighted by molar-refractivity contribution is -0.764. The van der Waals surface area contributed by atoms with Crippen LogP contribution in [-0.4, -0.2) is 47.5 Å². The van der Waals surface area contributed by atoms with Crippen LogP contribution in [0.25, 0.3) is 0 Å². The molecule has 0 unspecified atom stereocenters. The molecule has 32 heavy (non-hydrogen) atoms. The molecule has 2 rings (SSSR count). The number of aromatic nitrogens is 1. The number of hydrogen-bond acceptors (Lipinski definition) is 4. The van der Waals surface area contributed by atoms with Crippen LogP contribution in [0.15, 0.2) is 24.5 Å². The van der Waals surface area contributed by atoms with Crippen molar-refractivity contribution in [3.63, 3.8) is 0 Å². The third-order valence-electron chi connectivity index (χ3n) is 7.32. The van der Waals surface area contributed by atoms with Crippen LogP contribution in [0.3, 0.4) is 0 Å². The monoisotopic (exact) mass is 485 g/mol. The highest BCUT2D eigenvalue weighted by atomic mass is 28.4. The molecule has 6 nitrogen and oxygen atoms in total. The Labute approximate surface area is 194 Å². The largest absolute Gasteiger partial charge is 0.414 e. The first-order chi connectivity index (χ1) is 14.4. The Morgan fingerprint density at radius 3 is 2.19 bits per heavy atom. The Bertz CT molecular complexity index is 821. The smallest absolute Gasteiger partial charge is 0.297 e. The summed E-state index contributed by atoms with van der Waals surface area (Å²) in [4.78, 5) is 11.6. The van der Waals surface area contributed by atoms with Gasteiger partial charge in [-0.25, -0.2) is 4.39 Å². The predicted octanol–water partition coefficient (Wildman–Crippen LogP) is 4.72. The molecule has 1 aliphatic rings. The van der Waals surface area contributed by atoms with E-state index in [9.17, 15) is 4.79 Å². The Balaban J connectivity index is 2.35. The van der Waals surface area contributed by atoms with Gasteiger partial charge in [-0.1, -0.05) is 41.5 Å². The fraction of sp³-hybridized carbons (Fsp3) is 0.739. The minimum Gasteiger partial charge on any atom is -0.414 e. The molecule has 0 aliphatic carbocycles. The summed E-state index contributed by atoms with van der Waals surface area (Å²) in [7, 11) is -4.33. The first-order valence-electron chi connectivity index (χ1n) is 11.3. The van der Waals surface area contributed by atoms with Gasteiger partial charge >= 0.3 is 0 Å². The zero-order chi connectivity index (χ0) is 24.7. The molecule has 2 N–H and O–H groups in total. The maximum atomic E-state index is 15.9. The fourth-order valence-electron chi connectivity index (χ4n) is 3.03. The molecule has 1 saturated heterocycles. The van der Waals surface area contributed by atoms with Crippen LogP contribution in [-0.2, 0) is 13.6 Å². The molecular formula is C23H42FN2O4Si2+. The van der Waals surface area contributed by atoms with Crippen LogP contribution < -0.4 is 10.3 Å². The van der Waals surface area contributed by atoms with E-state index < -0.39 is 47.1 Å². The summed E-state index contributed by atoms with van der Waals surface area (Å²) in [6.45, 7) is 21.7. The molecule has 4 atom stereocenters. The second kappa shape index (κ2) is 9.25. The van der Waals surface area contributed by atoms with Crippen molar-refractivity contribution in [2.45, 2.75) is 102 Å². The first-order valence-corrected chi connectivity index (χ1v) is 17.1. The van der Waals surface area contributed by atoms with Gasteiger partial charge in [0.15, 0.2) is 29.0 Å². The molecule has 1 fully saturated rings. The summed E-state index contributed by atoms with van der Waals surface area (Å²) < 4.78 is 36.6. The van der Waals surface area contributed by atoms with E-state index in [4.69, 9.17) is 19.3 Å². The Kier molecular flexibility index (Phi) is 7.84. The quantitative estimate of drug-likeness (QED) is 0.448. The molecular weight excluding hydrogens is 443 g/mol. The summed E-state index contributed by atoms with van der Waals surface area (Å²) in [5.74, 6) is -0.570. The van der Waals surface area contributed by atoms with E-state index in [1.807, 2.05) is 0 Å². The molecule has 0 radical (unpaired) electrons. The van der Waals surface area contributed by atoms with Crippen molar-refractivity contribution >= 4 is 22.5 Å². The van der Waals surface area contributed by atoms with Crippen LogP contribution in [0.5, 0.6) is 0 Å². The van der Waals surface area contributed by atoms with E-state index in [1.165, 1.54) is 6.20 Å². The van der Waals surface area contributed by atoms with Gasteiger partial charge < -0.3 is 19.3 Å². The van der Waals surface area contributed by atoms with Crippen molar-refractivity contribution in [1.82, 2.24) is 0 Å². The van der Waals surface area contributed by atoms with Crippen LogP contribution in [0.1, 0.15) is 58.1 Å². The van der Waals surface area contributed by atoms with Crippen molar-refractivity contribution in [2.75, 3.05) is 6.61 Å². The maximum absolute atomic E-state index is 15.9. The zero-order valence-corrected chi connectivity index (χ0v) is 23.4. The number of rotatable bonds is 7. The van der Waals surface area contributed by atoms with Gasteiger partial charge in [-0.2, -0.15) is 4.57 Å². The highest BCUT2D eigenvalue weighted by Gasteiger charge is 2.55. The topological polar surface area (TPSA) is 74.7 Å². The number of primary amides is 1. The molecule has 0 aromatic carbocycles. The van der Waals surface area contributed by atoms with Gasteiger partial charge in [-0.05, 0) is 42.3 Å². The SMILES string of the molecule is CC(C)(C)[Si](C)(C)OC[C@H]1O[C@@H]([n+]2cccc(C(N)=O)c2)[C@@H](F)[C@@H]1O[Si](C)(C)C(C)(C)C. The van der Waals surface area contributed by atoms with E-state index in [0.29, 0.717) is 5.56 Å². The minimum absolute atomic E-state index is 0.0282. The molecule has 1 aromatic rings. The molecule has 0 spiro atoms. The molecule has 1 amide bonds. The van der Waals surface area contributed by atoms with E-state index >= 15 is 4.39 Å². The number of carbonyl (C=O) groups is 1. The number of pyridine rings is 1. The molecule has 1 aromatic heterocycles. The molecule has 9 heteroatoms. The van der Waals surface area contributed by atoms with Crippen LogP contribution in [0.2, 0.25) is 36.3 Å². The Morgan fingerprint density at radius 1 is 1.12 bits per heavy atom. The average Bonchev–Trinajstić information content (AvgIpc) is 2.94. The number of ether oxygens (including phenoxy) is 1. The summed E-state index contributed by atoms with van der Waals surface area (Å²) in [6, 6.07) is 3.27. The molecule has 0 saturated carbocycles. The van der Waals surface area contributed by atoms with Gasteiger partial charge in [-0.3, -0.25) is 4.79 Å². The summed E-state index contributed by atoms with van der Waals surface area (Å²) in [5, 5.41) is -0.0465. The lowest BCUT2D eigenvalue weighted by Gasteiger charge is -2.40. The summed E-state index contributed by atoms with van der Waals surface area (Å²) in [6.07, 6.45) is -0.426. The number of hydrogen-bond donors (Lipinski definition) is 1. The van der Waals surface area contributed by atoms with Gasteiger partial charge in [0.05, 0.1) is 6.61 Å². The number of amides is 1. The van der Waals surface area contributed by atoms with Gasteiger partial charge in [0, 0.05) is 6.07 Å². The van der Waals surface area contributed by atoms with Crippen molar-refractivity contribution in [3.05, 3.63) is 30.1 Å². The van der Waals surface area contributed by atoms with E-state index in [1.54, 1.807) is 22.9 Å². The second-order valence-corrected chi connectivity index (χ2v) is 21.4. The van der Waals surface area contributed by atoms with Gasteiger partial charge in [0.25, 0.3) is 12.1 Å². The summed E-state index contributed by atoms with van der Waals surface area (Å²) >= 11 is 0. The maximum Gasteiger partial charge on any atom is 0.297 e. The lowest BCUT2D eigenvalue weighted by atomic mass is 10.1. The number of nitrogens with two attached hydrogens (primary N) is 1. The minimum atomic E-state index is -2.27. The Hall–Kier alpha value is -1.14. The fourth-order valence-corrected chi connectivity index (χ4v) is 5.36. The number of carbonyl (C=O) groups excluding carboxylic acids is 1. The first kappa shape index (κ1) is 27.1. The third-order valence-corrected chi connectivity index (χ3v) is 16.3. The molecule has 182 valence electrons. The second-order valence-electron chi connectivity index (χ2n) is 11.8. The van der Waals surface area contributed by atoms with E-state index in [-0.39, 0.29) is 16.7 Å². The number of alkyl halides is 1. The van der Waals surface area contributed by atoms with Crippen LogP contribution >= 0.6 is 0 Å².